The van der Waals surface area contributed by atoms with Crippen LogP contribution in [0.1, 0.15) is 171 Å². The van der Waals surface area contributed by atoms with E-state index in [-0.39, 0.29) is 60.0 Å². The molecule has 0 unspecified atom stereocenters. The number of hydrogen-bond donors (Lipinski definition) is 0. The smallest absolute Gasteiger partial charge is 0.479 e. The summed E-state index contributed by atoms with van der Waals surface area (Å²) in [4.78, 5) is 24.2. The number of carbonyl (C=O) groups excluding carboxylic acids is 2. The summed E-state index contributed by atoms with van der Waals surface area (Å²) >= 11 is 0. The summed E-state index contributed by atoms with van der Waals surface area (Å²) in [6.45, 7) is 30.9. The topological polar surface area (TPSA) is 163 Å². The van der Waals surface area contributed by atoms with Gasteiger partial charge in [-0.05, 0) is 85.0 Å². The summed E-state index contributed by atoms with van der Waals surface area (Å²) in [6, 6.07) is 10.5. The maximum absolute atomic E-state index is 13.3. The van der Waals surface area contributed by atoms with Crippen molar-refractivity contribution < 1.29 is 68.4 Å². The predicted molar refractivity (Wildman–Crippen MR) is 296 cm³/mol. The van der Waals surface area contributed by atoms with E-state index < -0.39 is 70.4 Å². The van der Waals surface area contributed by atoms with Crippen LogP contribution in [0.2, 0.25) is 48.4 Å². The van der Waals surface area contributed by atoms with Gasteiger partial charge in [-0.2, -0.15) is 0 Å². The molecule has 418 valence electrons. The maximum Gasteiger partial charge on any atom is 0.479 e. The zero-order chi connectivity index (χ0) is 53.4. The van der Waals surface area contributed by atoms with E-state index in [4.69, 9.17) is 58.9 Å². The Bertz CT molecular complexity index is 1760. The van der Waals surface area contributed by atoms with Crippen LogP contribution < -0.4 is 4.74 Å². The first-order valence-corrected chi connectivity index (χ1v) is 43.5. The molecular formula is C49H94O16Si8. The van der Waals surface area contributed by atoms with Crippen LogP contribution in [0.5, 0.6) is 5.75 Å². The first-order valence-electron chi connectivity index (χ1n) is 28.1. The molecule has 0 aromatic heterocycles. The van der Waals surface area contributed by atoms with E-state index in [1.54, 1.807) is 12.1 Å². The summed E-state index contributed by atoms with van der Waals surface area (Å²) in [6.07, 6.45) is 9.92. The Balaban J connectivity index is 1.26. The summed E-state index contributed by atoms with van der Waals surface area (Å²) < 4.78 is 106. The zero-order valence-electron chi connectivity index (χ0n) is 47.1. The fourth-order valence-corrected chi connectivity index (χ4v) is 62.2. The van der Waals surface area contributed by atoms with Gasteiger partial charge in [0.2, 0.25) is 0 Å². The van der Waals surface area contributed by atoms with Crippen LogP contribution >= 0.6 is 0 Å². The second-order valence-corrected chi connectivity index (χ2v) is 48.4. The van der Waals surface area contributed by atoms with Gasteiger partial charge >= 0.3 is 76.4 Å². The molecular weight excluding hydrogens is 1070 g/mol. The Morgan fingerprint density at radius 1 is 0.397 bits per heavy atom. The summed E-state index contributed by atoms with van der Waals surface area (Å²) in [5.74, 6) is 1.09. The van der Waals surface area contributed by atoms with Crippen LogP contribution in [0.3, 0.4) is 0 Å². The third-order valence-corrected chi connectivity index (χ3v) is 52.8. The van der Waals surface area contributed by atoms with Gasteiger partial charge in [0, 0.05) is 60.3 Å². The highest BCUT2D eigenvalue weighted by molar-refractivity contribution is 7.03. The van der Waals surface area contributed by atoms with E-state index in [0.29, 0.717) is 67.3 Å². The van der Waals surface area contributed by atoms with E-state index >= 15 is 0 Å². The molecule has 0 radical (unpaired) electrons. The van der Waals surface area contributed by atoms with Gasteiger partial charge in [-0.3, -0.25) is 9.59 Å². The van der Waals surface area contributed by atoms with Crippen LogP contribution in [0.4, 0.5) is 0 Å². The number of benzene rings is 1. The molecule has 1 aromatic rings. The van der Waals surface area contributed by atoms with Gasteiger partial charge in [-0.1, -0.05) is 135 Å². The molecule has 0 N–H and O–H groups in total. The number of carbonyl (C=O) groups is 2. The van der Waals surface area contributed by atoms with E-state index in [0.717, 1.165) is 63.4 Å². The van der Waals surface area contributed by atoms with E-state index in [1.165, 1.54) is 0 Å². The van der Waals surface area contributed by atoms with Crippen molar-refractivity contribution in [2.75, 3.05) is 13.2 Å². The third-order valence-electron chi connectivity index (χ3n) is 12.8. The lowest BCUT2D eigenvalue weighted by molar-refractivity contribution is -0.144. The number of unbranched alkanes of at least 4 members (excludes halogenated alkanes) is 7. The Morgan fingerprint density at radius 2 is 0.685 bits per heavy atom. The molecule has 73 heavy (non-hydrogen) atoms. The van der Waals surface area contributed by atoms with Gasteiger partial charge in [0.05, 0.1) is 13.2 Å². The zero-order valence-corrected chi connectivity index (χ0v) is 55.1. The van der Waals surface area contributed by atoms with E-state index in [9.17, 15) is 9.59 Å². The largest absolute Gasteiger partial charge is 0.494 e. The van der Waals surface area contributed by atoms with Crippen molar-refractivity contribution in [3.8, 4) is 5.75 Å². The molecule has 7 rings (SSSR count). The van der Waals surface area contributed by atoms with Gasteiger partial charge in [0.15, 0.2) is 0 Å². The molecule has 6 aliphatic heterocycles. The fraction of sp³-hybridized carbons (Fsp3) is 0.837. The van der Waals surface area contributed by atoms with Gasteiger partial charge in [0.1, 0.15) is 12.0 Å². The van der Waals surface area contributed by atoms with Gasteiger partial charge < -0.3 is 58.9 Å². The molecule has 1 aromatic carbocycles. The Hall–Kier alpha value is -0.585. The molecule has 6 aliphatic rings. The van der Waals surface area contributed by atoms with Gasteiger partial charge in [0.25, 0.3) is 0 Å². The van der Waals surface area contributed by atoms with E-state index in [2.05, 4.69) is 96.9 Å². The minimum Gasteiger partial charge on any atom is -0.494 e. The van der Waals surface area contributed by atoms with Crippen molar-refractivity contribution in [2.45, 2.75) is 209 Å². The number of hydrogen-bond acceptors (Lipinski definition) is 16. The second-order valence-electron chi connectivity index (χ2n) is 24.3. The molecule has 0 amide bonds. The Kier molecular flexibility index (Phi) is 22.1. The molecule has 0 saturated carbocycles. The van der Waals surface area contributed by atoms with Gasteiger partial charge in [-0.25, -0.2) is 0 Å². The standard InChI is InChI=1S/C49H94O16Si8/c1-40(2)33-67-54-66(31-23-30-53-49(51)24-21-19-17-15-16-18-20-22-29-52-48-27-25-47(32-50)26-28-48)55-68(34-41(3)4)59-70(57-67,36-43(7)8)63-73(39-46(13)14)64-71(58-67,37-44(9)10)60-69(56-66,35-42(5)6)62-72(61-68,65-73)38-45(11)12/h25-28,32,40-46H,15-24,29-31,33-39H2,1-14H3. The van der Waals surface area contributed by atoms with Crippen LogP contribution in [-0.2, 0) is 58.9 Å². The van der Waals surface area contributed by atoms with E-state index in [1.807, 2.05) is 12.1 Å². The van der Waals surface area contributed by atoms with Crippen molar-refractivity contribution >= 4 is 82.7 Å². The molecule has 8 bridgehead atoms. The molecule has 6 heterocycles. The van der Waals surface area contributed by atoms with Crippen LogP contribution in [0, 0.1) is 41.4 Å². The summed E-state index contributed by atoms with van der Waals surface area (Å²) in [5, 5.41) is 0. The van der Waals surface area contributed by atoms with Gasteiger partial charge in [-0.15, -0.1) is 0 Å². The third kappa shape index (κ3) is 17.5. The molecule has 6 fully saturated rings. The summed E-state index contributed by atoms with van der Waals surface area (Å²) in [5.41, 5.74) is 0.647. The Morgan fingerprint density at radius 3 is 0.986 bits per heavy atom. The van der Waals surface area contributed by atoms with Crippen LogP contribution in [-0.4, -0.2) is 95.9 Å². The Labute approximate surface area is 448 Å². The lowest BCUT2D eigenvalue weighted by Crippen LogP contribution is -2.88. The quantitative estimate of drug-likeness (QED) is 0.0298. The lowest BCUT2D eigenvalue weighted by Gasteiger charge is -2.64. The lowest BCUT2D eigenvalue weighted by atomic mass is 10.1. The predicted octanol–water partition coefficient (Wildman–Crippen LogP) is 12.7. The van der Waals surface area contributed by atoms with Crippen LogP contribution in [0.25, 0.3) is 0 Å². The van der Waals surface area contributed by atoms with Crippen LogP contribution in [0.15, 0.2) is 24.3 Å². The SMILES string of the molecule is CC(C)C[Si]12O[Si]3(CCCOC(=O)CCCCCCCCCCOc4ccc(C=O)cc4)O[Si]4(CC(C)C)O[Si](CC(C)C)(O1)O[Si]1(CC(C)C)O[Si](CC(C)C)(O2)O[Si](CC(C)C)(O3)O[Si](CC(C)C)(O4)O1. The summed E-state index contributed by atoms with van der Waals surface area (Å²) in [7, 11) is -32.2. The number of rotatable bonds is 31. The second kappa shape index (κ2) is 26.1. The average molecular weight is 1160 g/mol. The maximum atomic E-state index is 13.3. The number of ether oxygens (including phenoxy) is 2. The first-order chi connectivity index (χ1) is 34.3. The molecule has 0 atom stereocenters. The number of esters is 1. The molecule has 0 aliphatic carbocycles. The van der Waals surface area contributed by atoms with Crippen molar-refractivity contribution in [3.63, 3.8) is 0 Å². The molecule has 24 heteroatoms. The highest BCUT2D eigenvalue weighted by Crippen LogP contribution is 2.56. The first kappa shape index (κ1) is 61.6. The normalized spacial score (nSPS) is 33.0. The van der Waals surface area contributed by atoms with Crippen molar-refractivity contribution in [3.05, 3.63) is 29.8 Å². The molecule has 16 nitrogen and oxygen atoms in total. The van der Waals surface area contributed by atoms with Crippen molar-refractivity contribution in [1.82, 2.24) is 0 Å². The highest BCUT2D eigenvalue weighted by atomic mass is 28.6. The highest BCUT2D eigenvalue weighted by Gasteiger charge is 2.83. The molecule has 6 saturated heterocycles. The number of aldehydes is 1. The monoisotopic (exact) mass is 1160 g/mol. The minimum atomic E-state index is -4.14. The fourth-order valence-electron chi connectivity index (χ4n) is 10.7. The van der Waals surface area contributed by atoms with Crippen molar-refractivity contribution in [1.29, 1.82) is 0 Å². The molecule has 0 spiro atoms. The van der Waals surface area contributed by atoms with Crippen molar-refractivity contribution in [2.24, 2.45) is 41.4 Å². The average Bonchev–Trinajstić information content (AvgIpc) is 3.19. The minimum absolute atomic E-state index is 0.0594.